The van der Waals surface area contributed by atoms with E-state index < -0.39 is 17.7 Å². The molecule has 0 aromatic carbocycles. The van der Waals surface area contributed by atoms with Gasteiger partial charge in [-0.1, -0.05) is 0 Å². The van der Waals surface area contributed by atoms with E-state index in [2.05, 4.69) is 20.8 Å². The zero-order chi connectivity index (χ0) is 20.0. The van der Waals surface area contributed by atoms with Gasteiger partial charge in [0.15, 0.2) is 5.82 Å². The lowest BCUT2D eigenvalue weighted by Crippen LogP contribution is -2.41. The van der Waals surface area contributed by atoms with E-state index in [4.69, 9.17) is 9.47 Å². The fraction of sp³-hybridized carbons (Fsp3) is 0.750. The molecule has 2 heterocycles. The van der Waals surface area contributed by atoms with Gasteiger partial charge in [0.1, 0.15) is 18.6 Å². The highest BCUT2D eigenvalue weighted by Crippen LogP contribution is 2.15. The molecule has 0 saturated carbocycles. The number of carbonyl (C=O) groups excluding carboxylic acids is 3. The molecule has 1 N–H and O–H groups in total. The summed E-state index contributed by atoms with van der Waals surface area (Å²) in [4.78, 5) is 37.4. The molecular weight excluding hydrogens is 356 g/mol. The van der Waals surface area contributed by atoms with Crippen molar-refractivity contribution in [3.63, 3.8) is 0 Å². The Morgan fingerprint density at radius 1 is 1.30 bits per heavy atom. The Balaban J connectivity index is 1.83. The number of rotatable bonds is 6. The first-order chi connectivity index (χ1) is 12.7. The van der Waals surface area contributed by atoms with E-state index in [0.29, 0.717) is 19.5 Å². The largest absolute Gasteiger partial charge is 0.466 e. The molecule has 1 aromatic heterocycles. The molecule has 27 heavy (non-hydrogen) atoms. The van der Waals surface area contributed by atoms with Crippen LogP contribution in [-0.4, -0.2) is 74.4 Å². The van der Waals surface area contributed by atoms with Crippen molar-refractivity contribution in [3.05, 3.63) is 5.82 Å². The predicted octanol–water partition coefficient (Wildman–Crippen LogP) is -0.0957. The molecule has 2 rings (SSSR count). The minimum Gasteiger partial charge on any atom is -0.466 e. The molecule has 2 amide bonds. The molecule has 150 valence electrons. The summed E-state index contributed by atoms with van der Waals surface area (Å²) < 4.78 is 11.4. The molecule has 1 aliphatic rings. The predicted molar refractivity (Wildman–Crippen MR) is 92.5 cm³/mol. The molecule has 1 aliphatic heterocycles. The van der Waals surface area contributed by atoms with Crippen molar-refractivity contribution >= 4 is 18.0 Å². The first-order valence-corrected chi connectivity index (χ1v) is 8.86. The average molecular weight is 382 g/mol. The van der Waals surface area contributed by atoms with Gasteiger partial charge in [-0.3, -0.25) is 9.59 Å². The van der Waals surface area contributed by atoms with Gasteiger partial charge >= 0.3 is 12.1 Å². The molecule has 1 saturated heterocycles. The van der Waals surface area contributed by atoms with Crippen molar-refractivity contribution in [1.29, 1.82) is 0 Å². The normalized spacial score (nSPS) is 16.9. The Morgan fingerprint density at radius 3 is 2.70 bits per heavy atom. The minimum atomic E-state index is -0.562. The SMILES string of the molecule is CCOC(=O)Cc1nnnn1CC(=O)N[C@H]1CCN(C(=O)OC(C)(C)C)C1. The number of carbonyl (C=O) groups is 3. The zero-order valence-electron chi connectivity index (χ0n) is 16.1. The molecule has 1 fully saturated rings. The molecule has 11 nitrogen and oxygen atoms in total. The molecule has 0 spiro atoms. The van der Waals surface area contributed by atoms with Crippen LogP contribution in [0.1, 0.15) is 39.9 Å². The number of nitrogens with zero attached hydrogens (tertiary/aromatic N) is 5. The highest BCUT2D eigenvalue weighted by molar-refractivity contribution is 5.77. The van der Waals surface area contributed by atoms with Gasteiger partial charge in [-0.15, -0.1) is 5.10 Å². The Labute approximate surface area is 157 Å². The van der Waals surface area contributed by atoms with Crippen LogP contribution >= 0.6 is 0 Å². The van der Waals surface area contributed by atoms with E-state index in [1.54, 1.807) is 32.6 Å². The van der Waals surface area contributed by atoms with Crippen LogP contribution in [0.4, 0.5) is 4.79 Å². The Kier molecular flexibility index (Phi) is 6.70. The monoisotopic (exact) mass is 382 g/mol. The maximum Gasteiger partial charge on any atom is 0.410 e. The molecule has 0 aliphatic carbocycles. The molecule has 0 unspecified atom stereocenters. The Hall–Kier alpha value is -2.72. The number of aromatic nitrogens is 4. The number of nitrogens with one attached hydrogen (secondary N) is 1. The lowest BCUT2D eigenvalue weighted by Gasteiger charge is -2.24. The van der Waals surface area contributed by atoms with Crippen LogP contribution in [0.25, 0.3) is 0 Å². The van der Waals surface area contributed by atoms with E-state index in [9.17, 15) is 14.4 Å². The second-order valence-electron chi connectivity index (χ2n) is 7.21. The van der Waals surface area contributed by atoms with Gasteiger partial charge in [0.25, 0.3) is 0 Å². The third-order valence-electron chi connectivity index (χ3n) is 3.71. The van der Waals surface area contributed by atoms with Gasteiger partial charge in [0, 0.05) is 19.1 Å². The summed E-state index contributed by atoms with van der Waals surface area (Å²) >= 11 is 0. The van der Waals surface area contributed by atoms with Crippen molar-refractivity contribution in [2.75, 3.05) is 19.7 Å². The average Bonchev–Trinajstić information content (AvgIpc) is 3.16. The van der Waals surface area contributed by atoms with Crippen LogP contribution in [0.15, 0.2) is 0 Å². The van der Waals surface area contributed by atoms with Crippen molar-refractivity contribution in [2.24, 2.45) is 0 Å². The molecule has 11 heteroatoms. The number of amides is 2. The highest BCUT2D eigenvalue weighted by Gasteiger charge is 2.30. The van der Waals surface area contributed by atoms with Gasteiger partial charge in [-0.05, 0) is 44.5 Å². The smallest absolute Gasteiger partial charge is 0.410 e. The summed E-state index contributed by atoms with van der Waals surface area (Å²) in [5, 5.41) is 13.8. The summed E-state index contributed by atoms with van der Waals surface area (Å²) in [5.74, 6) is -0.508. The molecule has 1 atom stereocenters. The second kappa shape index (κ2) is 8.78. The van der Waals surface area contributed by atoms with E-state index in [1.807, 2.05) is 0 Å². The summed E-state index contributed by atoms with van der Waals surface area (Å²) in [5.41, 5.74) is -0.562. The van der Waals surface area contributed by atoms with Crippen LogP contribution in [0.3, 0.4) is 0 Å². The molecule has 0 bridgehead atoms. The van der Waals surface area contributed by atoms with Crippen molar-refractivity contribution in [2.45, 2.75) is 58.7 Å². The van der Waals surface area contributed by atoms with Gasteiger partial charge in [-0.2, -0.15) is 0 Å². The summed E-state index contributed by atoms with van der Waals surface area (Å²) in [6.45, 7) is 8.16. The third-order valence-corrected chi connectivity index (χ3v) is 3.71. The number of hydrogen-bond acceptors (Lipinski definition) is 8. The minimum absolute atomic E-state index is 0.107. The molecule has 1 aromatic rings. The topological polar surface area (TPSA) is 129 Å². The van der Waals surface area contributed by atoms with Crippen LogP contribution in [-0.2, 0) is 32.0 Å². The number of tetrazole rings is 1. The number of hydrogen-bond donors (Lipinski definition) is 1. The zero-order valence-corrected chi connectivity index (χ0v) is 16.1. The van der Waals surface area contributed by atoms with Gasteiger partial charge in [0.2, 0.25) is 5.91 Å². The van der Waals surface area contributed by atoms with Crippen LogP contribution in [0, 0.1) is 0 Å². The van der Waals surface area contributed by atoms with Crippen LogP contribution in [0.5, 0.6) is 0 Å². The first kappa shape index (κ1) is 20.6. The van der Waals surface area contributed by atoms with Crippen molar-refractivity contribution in [1.82, 2.24) is 30.4 Å². The summed E-state index contributed by atoms with van der Waals surface area (Å²) in [6.07, 6.45) is 0.136. The third kappa shape index (κ3) is 6.50. The lowest BCUT2D eigenvalue weighted by atomic mass is 10.2. The standard InChI is InChI=1S/C16H26N6O5/c1-5-26-14(24)8-12-18-19-20-22(12)10-13(23)17-11-6-7-21(9-11)15(25)27-16(2,3)4/h11H,5-10H2,1-4H3,(H,17,23)/t11-/m0/s1. The second-order valence-corrected chi connectivity index (χ2v) is 7.21. The quantitative estimate of drug-likeness (QED) is 0.676. The Bertz CT molecular complexity index is 683. The number of ether oxygens (including phenoxy) is 2. The van der Waals surface area contributed by atoms with E-state index in [1.165, 1.54) is 4.68 Å². The fourth-order valence-corrected chi connectivity index (χ4v) is 2.59. The number of esters is 1. The summed E-state index contributed by atoms with van der Waals surface area (Å²) in [7, 11) is 0. The van der Waals surface area contributed by atoms with E-state index in [0.717, 1.165) is 0 Å². The van der Waals surface area contributed by atoms with Crippen molar-refractivity contribution in [3.8, 4) is 0 Å². The summed E-state index contributed by atoms with van der Waals surface area (Å²) in [6, 6.07) is -0.171. The Morgan fingerprint density at radius 2 is 2.04 bits per heavy atom. The van der Waals surface area contributed by atoms with Gasteiger partial charge < -0.3 is 19.7 Å². The maximum atomic E-state index is 12.3. The highest BCUT2D eigenvalue weighted by atomic mass is 16.6. The lowest BCUT2D eigenvalue weighted by molar-refractivity contribution is -0.142. The molecular formula is C16H26N6O5. The first-order valence-electron chi connectivity index (χ1n) is 8.86. The fourth-order valence-electron chi connectivity index (χ4n) is 2.59. The van der Waals surface area contributed by atoms with Gasteiger partial charge in [-0.25, -0.2) is 9.48 Å². The maximum absolute atomic E-state index is 12.3. The van der Waals surface area contributed by atoms with E-state index >= 15 is 0 Å². The van der Waals surface area contributed by atoms with Crippen LogP contribution < -0.4 is 5.32 Å². The van der Waals surface area contributed by atoms with Gasteiger partial charge in [0.05, 0.1) is 6.61 Å². The van der Waals surface area contributed by atoms with Crippen molar-refractivity contribution < 1.29 is 23.9 Å². The number of likely N-dealkylation sites (tertiary alicyclic amines) is 1. The molecule has 0 radical (unpaired) electrons. The van der Waals surface area contributed by atoms with Crippen LogP contribution in [0.2, 0.25) is 0 Å². The van der Waals surface area contributed by atoms with E-state index in [-0.39, 0.29) is 37.3 Å².